The Hall–Kier alpha value is -2.62. The van der Waals surface area contributed by atoms with Gasteiger partial charge in [-0.1, -0.05) is 48.5 Å². The van der Waals surface area contributed by atoms with Crippen molar-refractivity contribution in [1.82, 2.24) is 4.90 Å². The van der Waals surface area contributed by atoms with E-state index in [9.17, 15) is 9.59 Å². The van der Waals surface area contributed by atoms with Gasteiger partial charge in [0.2, 0.25) is 6.23 Å². The highest BCUT2D eigenvalue weighted by Gasteiger charge is 2.38. The van der Waals surface area contributed by atoms with Crippen LogP contribution in [0.2, 0.25) is 0 Å². The molecule has 0 bridgehead atoms. The number of hydrogen-bond donors (Lipinski definition) is 0. The SMILES string of the molecule is CC(=O)O[C@H]1c2ccccc2C(=O)N1Cc1ccccc1. The fraction of sp³-hybridized carbons (Fsp3) is 0.176. The van der Waals surface area contributed by atoms with E-state index in [1.807, 2.05) is 48.5 Å². The fourth-order valence-electron chi connectivity index (χ4n) is 2.56. The average Bonchev–Trinajstić information content (AvgIpc) is 2.74. The van der Waals surface area contributed by atoms with Gasteiger partial charge in [0.15, 0.2) is 0 Å². The molecule has 0 spiro atoms. The van der Waals surface area contributed by atoms with Crippen LogP contribution in [0.3, 0.4) is 0 Å². The number of fused-ring (bicyclic) bond motifs is 1. The summed E-state index contributed by atoms with van der Waals surface area (Å²) < 4.78 is 5.36. The predicted molar refractivity (Wildman–Crippen MR) is 77.3 cm³/mol. The van der Waals surface area contributed by atoms with E-state index in [2.05, 4.69) is 0 Å². The molecule has 3 rings (SSSR count). The van der Waals surface area contributed by atoms with Crippen LogP contribution in [-0.2, 0) is 16.1 Å². The standard InChI is InChI=1S/C17H15NO3/c1-12(19)21-17-15-10-6-5-9-14(15)16(20)18(17)11-13-7-3-2-4-8-13/h2-10,17H,11H2,1H3/t17-/m0/s1. The van der Waals surface area contributed by atoms with Crippen LogP contribution in [0, 0.1) is 0 Å². The Bertz CT molecular complexity index is 681. The van der Waals surface area contributed by atoms with Gasteiger partial charge in [-0.3, -0.25) is 14.5 Å². The zero-order valence-corrected chi connectivity index (χ0v) is 11.7. The minimum absolute atomic E-state index is 0.110. The minimum atomic E-state index is -0.647. The van der Waals surface area contributed by atoms with Crippen molar-refractivity contribution >= 4 is 11.9 Å². The molecule has 0 aliphatic carbocycles. The first-order valence-electron chi connectivity index (χ1n) is 6.78. The van der Waals surface area contributed by atoms with Gasteiger partial charge in [-0.15, -0.1) is 0 Å². The highest BCUT2D eigenvalue weighted by Crippen LogP contribution is 2.35. The van der Waals surface area contributed by atoms with Crippen LogP contribution in [-0.4, -0.2) is 16.8 Å². The van der Waals surface area contributed by atoms with E-state index in [1.165, 1.54) is 6.92 Å². The summed E-state index contributed by atoms with van der Waals surface area (Å²) in [4.78, 5) is 25.5. The zero-order valence-electron chi connectivity index (χ0n) is 11.7. The summed E-state index contributed by atoms with van der Waals surface area (Å²) in [5, 5.41) is 0. The molecule has 2 aromatic carbocycles. The molecular formula is C17H15NO3. The molecule has 2 aromatic rings. The van der Waals surface area contributed by atoms with Gasteiger partial charge in [-0.2, -0.15) is 0 Å². The van der Waals surface area contributed by atoms with E-state index in [0.29, 0.717) is 12.1 Å². The highest BCUT2D eigenvalue weighted by atomic mass is 16.6. The molecule has 1 atom stereocenters. The molecule has 106 valence electrons. The first kappa shape index (κ1) is 13.4. The van der Waals surface area contributed by atoms with Crippen molar-refractivity contribution in [2.45, 2.75) is 19.7 Å². The van der Waals surface area contributed by atoms with Crippen molar-refractivity contribution in [3.8, 4) is 0 Å². The van der Waals surface area contributed by atoms with Crippen LogP contribution < -0.4 is 0 Å². The molecule has 0 unspecified atom stereocenters. The van der Waals surface area contributed by atoms with Crippen LogP contribution in [0.5, 0.6) is 0 Å². The topological polar surface area (TPSA) is 46.6 Å². The Morgan fingerprint density at radius 3 is 2.48 bits per heavy atom. The van der Waals surface area contributed by atoms with E-state index in [4.69, 9.17) is 4.74 Å². The average molecular weight is 281 g/mol. The van der Waals surface area contributed by atoms with Gasteiger partial charge in [0.1, 0.15) is 0 Å². The third kappa shape index (κ3) is 2.52. The summed E-state index contributed by atoms with van der Waals surface area (Å²) in [7, 11) is 0. The molecular weight excluding hydrogens is 266 g/mol. The van der Waals surface area contributed by atoms with E-state index in [-0.39, 0.29) is 5.91 Å². The molecule has 1 aliphatic rings. The molecule has 4 heteroatoms. The number of rotatable bonds is 3. The quantitative estimate of drug-likeness (QED) is 0.813. The summed E-state index contributed by atoms with van der Waals surface area (Å²) in [5.74, 6) is -0.511. The van der Waals surface area contributed by atoms with Gasteiger partial charge in [0.05, 0.1) is 0 Å². The number of ether oxygens (including phenoxy) is 1. The fourth-order valence-corrected chi connectivity index (χ4v) is 2.56. The highest BCUT2D eigenvalue weighted by molar-refractivity contribution is 5.99. The molecule has 1 aliphatic heterocycles. The van der Waals surface area contributed by atoms with Crippen molar-refractivity contribution in [3.05, 3.63) is 71.3 Å². The lowest BCUT2D eigenvalue weighted by Crippen LogP contribution is -2.30. The third-order valence-electron chi connectivity index (χ3n) is 3.47. The summed E-state index contributed by atoms with van der Waals surface area (Å²) in [6.07, 6.45) is -0.647. The molecule has 0 saturated heterocycles. The van der Waals surface area contributed by atoms with Crippen molar-refractivity contribution in [3.63, 3.8) is 0 Å². The second-order valence-corrected chi connectivity index (χ2v) is 4.97. The summed E-state index contributed by atoms with van der Waals surface area (Å²) >= 11 is 0. The molecule has 0 fully saturated rings. The Morgan fingerprint density at radius 1 is 1.10 bits per heavy atom. The number of hydrogen-bond acceptors (Lipinski definition) is 3. The minimum Gasteiger partial charge on any atom is -0.437 e. The molecule has 0 saturated carbocycles. The largest absolute Gasteiger partial charge is 0.437 e. The van der Waals surface area contributed by atoms with E-state index in [1.54, 1.807) is 11.0 Å². The number of carbonyl (C=O) groups is 2. The number of carbonyl (C=O) groups excluding carboxylic acids is 2. The summed E-state index contributed by atoms with van der Waals surface area (Å²) in [6, 6.07) is 16.9. The predicted octanol–water partition coefficient (Wildman–Crippen LogP) is 2.90. The molecule has 0 N–H and O–H groups in total. The maximum atomic E-state index is 12.5. The number of nitrogens with zero attached hydrogens (tertiary/aromatic N) is 1. The molecule has 1 heterocycles. The molecule has 4 nitrogen and oxygen atoms in total. The van der Waals surface area contributed by atoms with Crippen LogP contribution in [0.4, 0.5) is 0 Å². The number of esters is 1. The van der Waals surface area contributed by atoms with Gasteiger partial charge >= 0.3 is 5.97 Å². The van der Waals surface area contributed by atoms with Crippen LogP contribution >= 0.6 is 0 Å². The second-order valence-electron chi connectivity index (χ2n) is 4.97. The molecule has 0 aromatic heterocycles. The molecule has 0 radical (unpaired) electrons. The van der Waals surface area contributed by atoms with E-state index >= 15 is 0 Å². The lowest BCUT2D eigenvalue weighted by Gasteiger charge is -2.24. The van der Waals surface area contributed by atoms with Crippen LogP contribution in [0.15, 0.2) is 54.6 Å². The van der Waals surface area contributed by atoms with Gasteiger partial charge in [0.25, 0.3) is 5.91 Å². The lowest BCUT2D eigenvalue weighted by atomic mass is 10.1. The van der Waals surface area contributed by atoms with Crippen molar-refractivity contribution in [2.24, 2.45) is 0 Å². The number of amides is 1. The van der Waals surface area contributed by atoms with Crippen molar-refractivity contribution in [2.75, 3.05) is 0 Å². The monoisotopic (exact) mass is 281 g/mol. The first-order valence-corrected chi connectivity index (χ1v) is 6.78. The smallest absolute Gasteiger partial charge is 0.304 e. The van der Waals surface area contributed by atoms with Crippen molar-refractivity contribution < 1.29 is 14.3 Å². The van der Waals surface area contributed by atoms with Crippen LogP contribution in [0.25, 0.3) is 0 Å². The Balaban J connectivity index is 1.95. The zero-order chi connectivity index (χ0) is 14.8. The first-order chi connectivity index (χ1) is 10.2. The van der Waals surface area contributed by atoms with E-state index < -0.39 is 12.2 Å². The third-order valence-corrected chi connectivity index (χ3v) is 3.47. The van der Waals surface area contributed by atoms with Gasteiger partial charge in [0, 0.05) is 24.6 Å². The Morgan fingerprint density at radius 2 is 1.76 bits per heavy atom. The molecule has 21 heavy (non-hydrogen) atoms. The lowest BCUT2D eigenvalue weighted by molar-refractivity contribution is -0.154. The Kier molecular flexibility index (Phi) is 3.44. The normalized spacial score (nSPS) is 16.7. The van der Waals surface area contributed by atoms with Gasteiger partial charge in [-0.25, -0.2) is 0 Å². The second kappa shape index (κ2) is 5.40. The van der Waals surface area contributed by atoms with E-state index in [0.717, 1.165) is 11.1 Å². The summed E-state index contributed by atoms with van der Waals surface area (Å²) in [5.41, 5.74) is 2.34. The van der Waals surface area contributed by atoms with Crippen LogP contribution in [0.1, 0.15) is 34.6 Å². The summed E-state index contributed by atoms with van der Waals surface area (Å²) in [6.45, 7) is 1.76. The van der Waals surface area contributed by atoms with Crippen molar-refractivity contribution in [1.29, 1.82) is 0 Å². The Labute approximate surface area is 123 Å². The molecule has 1 amide bonds. The number of benzene rings is 2. The maximum absolute atomic E-state index is 12.5. The maximum Gasteiger partial charge on any atom is 0.304 e. The van der Waals surface area contributed by atoms with Gasteiger partial charge < -0.3 is 4.74 Å². The van der Waals surface area contributed by atoms with Gasteiger partial charge in [-0.05, 0) is 11.6 Å².